The third kappa shape index (κ3) is 3.86. The number of carbonyl (C=O) groups is 1. The Morgan fingerprint density at radius 1 is 1.23 bits per heavy atom. The van der Waals surface area contributed by atoms with Crippen molar-refractivity contribution in [1.29, 1.82) is 0 Å². The molecule has 0 amide bonds. The Morgan fingerprint density at radius 2 is 2.00 bits per heavy atom. The number of aromatic nitrogens is 3. The van der Waals surface area contributed by atoms with Crippen LogP contribution in [0.2, 0.25) is 0 Å². The predicted molar refractivity (Wildman–Crippen MR) is 95.0 cm³/mol. The predicted octanol–water partition coefficient (Wildman–Crippen LogP) is 3.64. The van der Waals surface area contributed by atoms with Gasteiger partial charge in [-0.1, -0.05) is 18.0 Å². The van der Waals surface area contributed by atoms with Crippen LogP contribution in [0.5, 0.6) is 0 Å². The molecule has 0 bridgehead atoms. The average molecular weight is 356 g/mol. The molecule has 0 N–H and O–H groups in total. The average Bonchev–Trinajstić information content (AvgIpc) is 3.45. The molecular formula is C19H24N4O3. The lowest BCUT2D eigenvalue weighted by molar-refractivity contribution is 0.0265. The highest BCUT2D eigenvalue weighted by Gasteiger charge is 2.30. The smallest absolute Gasteiger partial charge is 0.340 e. The second-order valence-corrected chi connectivity index (χ2v) is 7.12. The molecule has 0 unspecified atom stereocenters. The molecule has 1 atom stereocenters. The van der Waals surface area contributed by atoms with Gasteiger partial charge in [-0.3, -0.25) is 0 Å². The van der Waals surface area contributed by atoms with Crippen LogP contribution in [-0.2, 0) is 4.74 Å². The summed E-state index contributed by atoms with van der Waals surface area (Å²) < 4.78 is 10.7. The molecule has 7 heteroatoms. The van der Waals surface area contributed by atoms with Crippen molar-refractivity contribution < 1.29 is 14.1 Å². The van der Waals surface area contributed by atoms with Crippen LogP contribution in [0.1, 0.15) is 79.5 Å². The van der Waals surface area contributed by atoms with Crippen LogP contribution < -0.4 is 4.90 Å². The van der Waals surface area contributed by atoms with E-state index in [0.717, 1.165) is 31.7 Å². The fraction of sp³-hybridized carbons (Fsp3) is 0.579. The number of nitrogens with zero attached hydrogens (tertiary/aromatic N) is 4. The zero-order valence-electron chi connectivity index (χ0n) is 15.1. The third-order valence-electron chi connectivity index (χ3n) is 4.95. The summed E-state index contributed by atoms with van der Waals surface area (Å²) >= 11 is 0. The van der Waals surface area contributed by atoms with Crippen LogP contribution in [0.25, 0.3) is 0 Å². The van der Waals surface area contributed by atoms with Gasteiger partial charge in [-0.25, -0.2) is 9.78 Å². The van der Waals surface area contributed by atoms with E-state index in [1.165, 1.54) is 25.7 Å². The zero-order chi connectivity index (χ0) is 17.9. The molecule has 0 aromatic carbocycles. The van der Waals surface area contributed by atoms with Gasteiger partial charge in [0.25, 0.3) is 5.89 Å². The molecule has 138 valence electrons. The number of esters is 1. The topological polar surface area (TPSA) is 81.4 Å². The number of anilines is 1. The van der Waals surface area contributed by atoms with E-state index in [-0.39, 0.29) is 0 Å². The first-order chi connectivity index (χ1) is 12.7. The van der Waals surface area contributed by atoms with Crippen LogP contribution >= 0.6 is 0 Å². The van der Waals surface area contributed by atoms with Crippen molar-refractivity contribution >= 4 is 11.8 Å². The quantitative estimate of drug-likeness (QED) is 0.756. The molecule has 1 saturated heterocycles. The first-order valence-electron chi connectivity index (χ1n) is 9.46. The van der Waals surface area contributed by atoms with Gasteiger partial charge in [0.2, 0.25) is 0 Å². The normalized spacial score (nSPS) is 19.0. The van der Waals surface area contributed by atoms with E-state index in [9.17, 15) is 4.79 Å². The summed E-state index contributed by atoms with van der Waals surface area (Å²) in [7, 11) is 0. The molecule has 0 radical (unpaired) electrons. The van der Waals surface area contributed by atoms with Crippen LogP contribution in [0.4, 0.5) is 5.82 Å². The van der Waals surface area contributed by atoms with Gasteiger partial charge in [0.05, 0.1) is 5.56 Å². The second-order valence-electron chi connectivity index (χ2n) is 7.12. The molecular weight excluding hydrogens is 332 g/mol. The van der Waals surface area contributed by atoms with Crippen molar-refractivity contribution in [3.05, 3.63) is 35.6 Å². The molecule has 7 nitrogen and oxygen atoms in total. The fourth-order valence-electron chi connectivity index (χ4n) is 3.19. The molecule has 2 aliphatic rings. The Bertz CT molecular complexity index is 746. The van der Waals surface area contributed by atoms with E-state index in [4.69, 9.17) is 9.26 Å². The Hall–Kier alpha value is -2.44. The van der Waals surface area contributed by atoms with Crippen molar-refractivity contribution in [3.8, 4) is 0 Å². The molecule has 0 spiro atoms. The van der Waals surface area contributed by atoms with Gasteiger partial charge in [0.15, 0.2) is 11.9 Å². The second kappa shape index (κ2) is 7.43. The molecule has 1 aliphatic carbocycles. The number of hydrogen-bond acceptors (Lipinski definition) is 7. The molecule has 2 aromatic rings. The Morgan fingerprint density at radius 3 is 2.65 bits per heavy atom. The molecule has 1 aliphatic heterocycles. The Kier molecular flexibility index (Phi) is 4.86. The largest absolute Gasteiger partial charge is 0.449 e. The van der Waals surface area contributed by atoms with Gasteiger partial charge in [0.1, 0.15) is 5.82 Å². The van der Waals surface area contributed by atoms with Crippen molar-refractivity contribution in [2.24, 2.45) is 0 Å². The minimum atomic E-state index is -0.576. The minimum absolute atomic E-state index is 0.342. The maximum absolute atomic E-state index is 12.4. The Balaban J connectivity index is 1.37. The summed E-state index contributed by atoms with van der Waals surface area (Å²) in [6, 6.07) is 3.66. The van der Waals surface area contributed by atoms with Gasteiger partial charge >= 0.3 is 5.97 Å². The van der Waals surface area contributed by atoms with E-state index in [1.54, 1.807) is 19.2 Å². The molecule has 4 rings (SSSR count). The van der Waals surface area contributed by atoms with Gasteiger partial charge < -0.3 is 14.2 Å². The summed E-state index contributed by atoms with van der Waals surface area (Å²) in [4.78, 5) is 23.4. The summed E-state index contributed by atoms with van der Waals surface area (Å²) in [6.45, 7) is 3.78. The van der Waals surface area contributed by atoms with Crippen molar-refractivity contribution in [2.75, 3.05) is 18.0 Å². The summed E-state index contributed by atoms with van der Waals surface area (Å²) in [5.74, 6) is 1.95. The molecule has 2 fully saturated rings. The standard InChI is InChI=1S/C19H24N4O3/c1-13(18-21-17(22-26-18)14-6-7-14)25-19(24)15-8-9-16(20-12-15)23-10-4-2-3-5-11-23/h8-9,12-14H,2-7,10-11H2,1H3/t13-/m0/s1. The van der Waals surface area contributed by atoms with Crippen LogP contribution in [0.15, 0.2) is 22.9 Å². The molecule has 1 saturated carbocycles. The molecule has 2 aromatic heterocycles. The number of hydrogen-bond donors (Lipinski definition) is 0. The fourth-order valence-corrected chi connectivity index (χ4v) is 3.19. The lowest BCUT2D eigenvalue weighted by atomic mass is 10.2. The van der Waals surface area contributed by atoms with E-state index in [1.807, 2.05) is 6.07 Å². The van der Waals surface area contributed by atoms with E-state index in [0.29, 0.717) is 23.2 Å². The van der Waals surface area contributed by atoms with Gasteiger partial charge in [-0.05, 0) is 44.7 Å². The minimum Gasteiger partial charge on any atom is -0.449 e. The monoisotopic (exact) mass is 356 g/mol. The maximum Gasteiger partial charge on any atom is 0.340 e. The van der Waals surface area contributed by atoms with Crippen molar-refractivity contribution in [2.45, 2.75) is 57.5 Å². The number of rotatable bonds is 5. The lowest BCUT2D eigenvalue weighted by Crippen LogP contribution is -2.24. The summed E-state index contributed by atoms with van der Waals surface area (Å²) in [6.07, 6.45) is 8.14. The highest BCUT2D eigenvalue weighted by atomic mass is 16.6. The van der Waals surface area contributed by atoms with Crippen molar-refractivity contribution in [3.63, 3.8) is 0 Å². The molecule has 26 heavy (non-hydrogen) atoms. The maximum atomic E-state index is 12.4. The highest BCUT2D eigenvalue weighted by Crippen LogP contribution is 2.38. The lowest BCUT2D eigenvalue weighted by Gasteiger charge is -2.21. The summed E-state index contributed by atoms with van der Waals surface area (Å²) in [5.41, 5.74) is 0.428. The van der Waals surface area contributed by atoms with Crippen molar-refractivity contribution in [1.82, 2.24) is 15.1 Å². The van der Waals surface area contributed by atoms with E-state index < -0.39 is 12.1 Å². The third-order valence-corrected chi connectivity index (χ3v) is 4.95. The first kappa shape index (κ1) is 17.0. The zero-order valence-corrected chi connectivity index (χ0v) is 15.1. The Labute approximate surface area is 152 Å². The first-order valence-corrected chi connectivity index (χ1v) is 9.46. The number of pyridine rings is 1. The number of ether oxygens (including phenoxy) is 1. The van der Waals surface area contributed by atoms with Crippen LogP contribution in [0.3, 0.4) is 0 Å². The summed E-state index contributed by atoms with van der Waals surface area (Å²) in [5, 5.41) is 3.96. The SMILES string of the molecule is C[C@H](OC(=O)c1ccc(N2CCCCCC2)nc1)c1nc(C2CC2)no1. The molecule has 3 heterocycles. The van der Waals surface area contributed by atoms with Gasteiger partial charge in [0, 0.05) is 25.2 Å². The van der Waals surface area contributed by atoms with Gasteiger partial charge in [-0.15, -0.1) is 0 Å². The number of carbonyl (C=O) groups excluding carboxylic acids is 1. The van der Waals surface area contributed by atoms with Gasteiger partial charge in [-0.2, -0.15) is 4.98 Å². The van der Waals surface area contributed by atoms with Crippen LogP contribution in [0, 0.1) is 0 Å². The van der Waals surface area contributed by atoms with E-state index in [2.05, 4.69) is 20.0 Å². The van der Waals surface area contributed by atoms with E-state index >= 15 is 0 Å². The van der Waals surface area contributed by atoms with Crippen LogP contribution in [-0.4, -0.2) is 34.2 Å². The highest BCUT2D eigenvalue weighted by molar-refractivity contribution is 5.89.